The third kappa shape index (κ3) is 2.94. The Morgan fingerprint density at radius 1 is 1.15 bits per heavy atom. The fourth-order valence-electron chi connectivity index (χ4n) is 2.23. The zero-order chi connectivity index (χ0) is 14.5. The van der Waals surface area contributed by atoms with E-state index in [4.69, 9.17) is 9.47 Å². The summed E-state index contributed by atoms with van der Waals surface area (Å²) in [4.78, 5) is 4.22. The van der Waals surface area contributed by atoms with Crippen LogP contribution < -0.4 is 14.8 Å². The molecular formula is C15H17BrN2O2. The van der Waals surface area contributed by atoms with Gasteiger partial charge in [0.25, 0.3) is 0 Å². The van der Waals surface area contributed by atoms with E-state index in [-0.39, 0.29) is 6.04 Å². The third-order valence-corrected chi connectivity index (χ3v) is 3.54. The molecule has 0 radical (unpaired) electrons. The number of methoxy groups -OCH3 is 2. The maximum Gasteiger partial charge on any atom is 0.127 e. The van der Waals surface area contributed by atoms with Crippen LogP contribution in [0.4, 0.5) is 0 Å². The number of aromatic nitrogens is 1. The number of rotatable bonds is 5. The van der Waals surface area contributed by atoms with Gasteiger partial charge >= 0.3 is 0 Å². The highest BCUT2D eigenvalue weighted by Gasteiger charge is 2.21. The largest absolute Gasteiger partial charge is 0.496 e. The average molecular weight is 337 g/mol. The number of pyridine rings is 1. The van der Waals surface area contributed by atoms with Gasteiger partial charge in [0.15, 0.2) is 0 Å². The van der Waals surface area contributed by atoms with Gasteiger partial charge in [-0.2, -0.15) is 0 Å². The van der Waals surface area contributed by atoms with Crippen molar-refractivity contribution >= 4 is 15.9 Å². The van der Waals surface area contributed by atoms with Gasteiger partial charge in [0.2, 0.25) is 0 Å². The first-order valence-corrected chi connectivity index (χ1v) is 6.99. The van der Waals surface area contributed by atoms with E-state index in [9.17, 15) is 0 Å². The highest BCUT2D eigenvalue weighted by Crippen LogP contribution is 2.37. The van der Waals surface area contributed by atoms with Crippen LogP contribution in [0.25, 0.3) is 0 Å². The summed E-state index contributed by atoms with van der Waals surface area (Å²) in [6.45, 7) is 0. The molecule has 1 unspecified atom stereocenters. The number of hydrogen-bond acceptors (Lipinski definition) is 4. The third-order valence-electron chi connectivity index (χ3n) is 3.10. The van der Waals surface area contributed by atoms with Crippen LogP contribution >= 0.6 is 15.9 Å². The van der Waals surface area contributed by atoms with Gasteiger partial charge in [0.1, 0.15) is 11.5 Å². The summed E-state index contributed by atoms with van der Waals surface area (Å²) in [6, 6.07) is 7.72. The Balaban J connectivity index is 2.57. The highest BCUT2D eigenvalue weighted by molar-refractivity contribution is 9.10. The molecule has 0 amide bonds. The van der Waals surface area contributed by atoms with E-state index in [0.717, 1.165) is 27.1 Å². The molecule has 1 aromatic carbocycles. The lowest BCUT2D eigenvalue weighted by Gasteiger charge is -2.22. The van der Waals surface area contributed by atoms with Crippen LogP contribution in [0.2, 0.25) is 0 Å². The number of benzene rings is 1. The van der Waals surface area contributed by atoms with Crippen molar-refractivity contribution in [3.8, 4) is 11.5 Å². The van der Waals surface area contributed by atoms with Crippen LogP contribution in [0.5, 0.6) is 11.5 Å². The van der Waals surface area contributed by atoms with Crippen LogP contribution in [-0.4, -0.2) is 26.3 Å². The van der Waals surface area contributed by atoms with Gasteiger partial charge in [-0.1, -0.05) is 6.07 Å². The summed E-state index contributed by atoms with van der Waals surface area (Å²) >= 11 is 3.45. The van der Waals surface area contributed by atoms with Gasteiger partial charge in [0.05, 0.1) is 25.8 Å². The minimum Gasteiger partial charge on any atom is -0.496 e. The summed E-state index contributed by atoms with van der Waals surface area (Å²) in [5.41, 5.74) is 1.99. The van der Waals surface area contributed by atoms with Crippen molar-refractivity contribution in [3.63, 3.8) is 0 Å². The summed E-state index contributed by atoms with van der Waals surface area (Å²) in [7, 11) is 5.21. The molecular weight excluding hydrogens is 320 g/mol. The van der Waals surface area contributed by atoms with Crippen molar-refractivity contribution in [1.82, 2.24) is 10.3 Å². The molecule has 1 heterocycles. The Morgan fingerprint density at radius 2 is 1.80 bits per heavy atom. The van der Waals surface area contributed by atoms with Crippen molar-refractivity contribution in [1.29, 1.82) is 0 Å². The predicted octanol–water partition coefficient (Wildman–Crippen LogP) is 3.17. The quantitative estimate of drug-likeness (QED) is 0.910. The Hall–Kier alpha value is -1.59. The molecule has 1 aromatic heterocycles. The van der Waals surface area contributed by atoms with Crippen molar-refractivity contribution in [2.75, 3.05) is 21.3 Å². The second-order valence-corrected chi connectivity index (χ2v) is 5.15. The highest BCUT2D eigenvalue weighted by atomic mass is 79.9. The van der Waals surface area contributed by atoms with Crippen LogP contribution in [0.15, 0.2) is 41.1 Å². The van der Waals surface area contributed by atoms with E-state index in [2.05, 4.69) is 26.2 Å². The zero-order valence-corrected chi connectivity index (χ0v) is 13.3. The van der Waals surface area contributed by atoms with E-state index >= 15 is 0 Å². The molecule has 0 saturated carbocycles. The summed E-state index contributed by atoms with van der Waals surface area (Å²) in [6.07, 6.45) is 3.59. The van der Waals surface area contributed by atoms with E-state index in [1.807, 2.05) is 37.5 Å². The lowest BCUT2D eigenvalue weighted by Crippen LogP contribution is -2.19. The molecule has 0 aliphatic rings. The molecule has 0 spiro atoms. The molecule has 0 saturated heterocycles. The van der Waals surface area contributed by atoms with Gasteiger partial charge in [-0.15, -0.1) is 0 Å². The normalized spacial score (nSPS) is 12.0. The van der Waals surface area contributed by atoms with Crippen molar-refractivity contribution in [2.45, 2.75) is 6.04 Å². The predicted molar refractivity (Wildman–Crippen MR) is 82.4 cm³/mol. The molecule has 0 fully saturated rings. The summed E-state index contributed by atoms with van der Waals surface area (Å²) in [5, 5.41) is 3.29. The van der Waals surface area contributed by atoms with Gasteiger partial charge in [-0.3, -0.25) is 4.98 Å². The first-order chi connectivity index (χ1) is 9.71. The number of nitrogens with one attached hydrogen (secondary N) is 1. The monoisotopic (exact) mass is 336 g/mol. The van der Waals surface area contributed by atoms with Gasteiger partial charge in [-0.05, 0) is 46.7 Å². The second-order valence-electron chi connectivity index (χ2n) is 4.23. The molecule has 4 nitrogen and oxygen atoms in total. The molecule has 2 rings (SSSR count). The first kappa shape index (κ1) is 14.8. The topological polar surface area (TPSA) is 43.4 Å². The molecule has 1 atom stereocenters. The van der Waals surface area contributed by atoms with Gasteiger partial charge in [0, 0.05) is 16.9 Å². The van der Waals surface area contributed by atoms with Crippen LogP contribution in [0.3, 0.4) is 0 Å². The van der Waals surface area contributed by atoms with Crippen LogP contribution in [-0.2, 0) is 0 Å². The minimum atomic E-state index is -0.0638. The molecule has 20 heavy (non-hydrogen) atoms. The first-order valence-electron chi connectivity index (χ1n) is 6.19. The molecule has 5 heteroatoms. The zero-order valence-electron chi connectivity index (χ0n) is 11.7. The fraction of sp³-hybridized carbons (Fsp3) is 0.267. The molecule has 0 aliphatic heterocycles. The lowest BCUT2D eigenvalue weighted by atomic mass is 9.98. The van der Waals surface area contributed by atoms with Gasteiger partial charge < -0.3 is 14.8 Å². The molecule has 1 N–H and O–H groups in total. The molecule has 106 valence electrons. The number of hydrogen-bond donors (Lipinski definition) is 1. The average Bonchev–Trinajstić information content (AvgIpc) is 2.48. The molecule has 0 bridgehead atoms. The second kappa shape index (κ2) is 6.72. The maximum atomic E-state index is 5.47. The molecule has 0 aliphatic carbocycles. The minimum absolute atomic E-state index is 0.0638. The number of ether oxygens (including phenoxy) is 2. The fourth-order valence-corrected chi connectivity index (χ4v) is 2.61. The molecule has 2 aromatic rings. The van der Waals surface area contributed by atoms with Crippen molar-refractivity contribution in [2.24, 2.45) is 0 Å². The SMILES string of the molecule is CNC(c1cncc(Br)c1)c1c(OC)cccc1OC. The Labute approximate surface area is 127 Å². The van der Waals surface area contributed by atoms with E-state index in [1.165, 1.54) is 0 Å². The van der Waals surface area contributed by atoms with Crippen LogP contribution in [0, 0.1) is 0 Å². The Morgan fingerprint density at radius 3 is 2.30 bits per heavy atom. The Kier molecular flexibility index (Phi) is 4.98. The van der Waals surface area contributed by atoms with Crippen molar-refractivity contribution < 1.29 is 9.47 Å². The van der Waals surface area contributed by atoms with E-state index < -0.39 is 0 Å². The van der Waals surface area contributed by atoms with E-state index in [0.29, 0.717) is 0 Å². The lowest BCUT2D eigenvalue weighted by molar-refractivity contribution is 0.378. The van der Waals surface area contributed by atoms with Gasteiger partial charge in [-0.25, -0.2) is 0 Å². The van der Waals surface area contributed by atoms with Crippen LogP contribution in [0.1, 0.15) is 17.2 Å². The van der Waals surface area contributed by atoms with Crippen molar-refractivity contribution in [3.05, 3.63) is 52.3 Å². The Bertz CT molecular complexity index is 568. The number of nitrogens with zero attached hydrogens (tertiary/aromatic N) is 1. The smallest absolute Gasteiger partial charge is 0.127 e. The summed E-state index contributed by atoms with van der Waals surface area (Å²) in [5.74, 6) is 1.56. The van der Waals surface area contributed by atoms with E-state index in [1.54, 1.807) is 20.4 Å². The number of halogens is 1. The maximum absolute atomic E-state index is 5.47. The standard InChI is InChI=1S/C15H17BrN2O2/c1-17-15(10-7-11(16)9-18-8-10)14-12(19-2)5-4-6-13(14)20-3/h4-9,15,17H,1-3H3. The summed E-state index contributed by atoms with van der Waals surface area (Å²) < 4.78 is 11.9.